The van der Waals surface area contributed by atoms with Gasteiger partial charge in [-0.25, -0.2) is 0 Å². The number of halogens is 1. The van der Waals surface area contributed by atoms with E-state index in [1.54, 1.807) is 43.3 Å². The smallest absolute Gasteiger partial charge is 0.258 e. The van der Waals surface area contributed by atoms with E-state index in [1.165, 1.54) is 0 Å². The van der Waals surface area contributed by atoms with Crippen molar-refractivity contribution in [1.82, 2.24) is 5.32 Å². The summed E-state index contributed by atoms with van der Waals surface area (Å²) >= 11 is 5.77. The molecule has 0 aliphatic heterocycles. The average molecular weight is 333 g/mol. The fraction of sp³-hybridized carbons (Fsp3) is 0.176. The van der Waals surface area contributed by atoms with Gasteiger partial charge in [0.1, 0.15) is 11.8 Å². The number of carbonyl (C=O) groups excluding carboxylic acids is 2. The highest BCUT2D eigenvalue weighted by Gasteiger charge is 2.15. The van der Waals surface area contributed by atoms with E-state index in [4.69, 9.17) is 16.3 Å². The highest BCUT2D eigenvalue weighted by Crippen LogP contribution is 2.15. The lowest BCUT2D eigenvalue weighted by Gasteiger charge is -2.14. The lowest BCUT2D eigenvalue weighted by atomic mass is 10.2. The van der Waals surface area contributed by atoms with E-state index in [2.05, 4.69) is 10.6 Å². The molecule has 1 atom stereocenters. The topological polar surface area (TPSA) is 67.4 Å². The Morgan fingerprint density at radius 3 is 2.39 bits per heavy atom. The Morgan fingerprint density at radius 1 is 1.09 bits per heavy atom. The number of para-hydroxylation sites is 1. The molecule has 0 aliphatic rings. The van der Waals surface area contributed by atoms with Crippen molar-refractivity contribution >= 4 is 29.1 Å². The minimum Gasteiger partial charge on any atom is -0.484 e. The fourth-order valence-electron chi connectivity index (χ4n) is 1.80. The van der Waals surface area contributed by atoms with E-state index in [0.29, 0.717) is 16.5 Å². The Morgan fingerprint density at radius 2 is 1.74 bits per heavy atom. The van der Waals surface area contributed by atoms with Gasteiger partial charge in [0, 0.05) is 10.7 Å². The highest BCUT2D eigenvalue weighted by atomic mass is 35.5. The molecule has 0 fully saturated rings. The summed E-state index contributed by atoms with van der Waals surface area (Å²) in [4.78, 5) is 23.8. The fourth-order valence-corrected chi connectivity index (χ4v) is 1.93. The zero-order chi connectivity index (χ0) is 16.7. The number of hydrogen-bond donors (Lipinski definition) is 2. The van der Waals surface area contributed by atoms with Crippen molar-refractivity contribution in [2.75, 3.05) is 11.9 Å². The lowest BCUT2D eigenvalue weighted by molar-refractivity contribution is -0.127. The van der Waals surface area contributed by atoms with Crippen LogP contribution in [0.4, 0.5) is 5.69 Å². The van der Waals surface area contributed by atoms with Gasteiger partial charge in [0.25, 0.3) is 5.91 Å². The molecule has 6 heteroatoms. The van der Waals surface area contributed by atoms with Gasteiger partial charge in [-0.1, -0.05) is 29.8 Å². The Labute approximate surface area is 139 Å². The maximum Gasteiger partial charge on any atom is 0.258 e. The normalized spacial score (nSPS) is 11.4. The zero-order valence-corrected chi connectivity index (χ0v) is 13.3. The molecular weight excluding hydrogens is 316 g/mol. The van der Waals surface area contributed by atoms with Crippen LogP contribution in [0.5, 0.6) is 5.75 Å². The molecule has 2 aromatic rings. The summed E-state index contributed by atoms with van der Waals surface area (Å²) < 4.78 is 5.32. The molecule has 0 aliphatic carbocycles. The number of carbonyl (C=O) groups is 2. The summed E-state index contributed by atoms with van der Waals surface area (Å²) in [6.07, 6.45) is 0. The van der Waals surface area contributed by atoms with Crippen LogP contribution in [0.15, 0.2) is 54.6 Å². The van der Waals surface area contributed by atoms with Crippen molar-refractivity contribution < 1.29 is 14.3 Å². The molecule has 0 heterocycles. The Balaban J connectivity index is 1.77. The van der Waals surface area contributed by atoms with E-state index in [9.17, 15) is 9.59 Å². The number of rotatable bonds is 6. The summed E-state index contributed by atoms with van der Waals surface area (Å²) in [6, 6.07) is 15.0. The van der Waals surface area contributed by atoms with Crippen LogP contribution in [0.1, 0.15) is 6.92 Å². The van der Waals surface area contributed by atoms with E-state index in [1.807, 2.05) is 18.2 Å². The number of ether oxygens (including phenoxy) is 1. The largest absolute Gasteiger partial charge is 0.484 e. The predicted molar refractivity (Wildman–Crippen MR) is 89.6 cm³/mol. The maximum atomic E-state index is 12.0. The quantitative estimate of drug-likeness (QED) is 0.854. The van der Waals surface area contributed by atoms with Gasteiger partial charge in [-0.3, -0.25) is 9.59 Å². The van der Waals surface area contributed by atoms with E-state index in [-0.39, 0.29) is 18.4 Å². The molecule has 23 heavy (non-hydrogen) atoms. The first-order valence-electron chi connectivity index (χ1n) is 7.08. The first-order valence-corrected chi connectivity index (χ1v) is 7.46. The Bertz CT molecular complexity index is 659. The second-order valence-electron chi connectivity index (χ2n) is 4.89. The number of hydrogen-bond acceptors (Lipinski definition) is 3. The van der Waals surface area contributed by atoms with E-state index in [0.717, 1.165) is 0 Å². The molecule has 0 radical (unpaired) electrons. The predicted octanol–water partition coefficient (Wildman–Crippen LogP) is 2.86. The van der Waals surface area contributed by atoms with Gasteiger partial charge in [-0.15, -0.1) is 0 Å². The van der Waals surface area contributed by atoms with Gasteiger partial charge in [0.05, 0.1) is 0 Å². The van der Waals surface area contributed by atoms with Crippen molar-refractivity contribution in [1.29, 1.82) is 0 Å². The summed E-state index contributed by atoms with van der Waals surface area (Å²) in [7, 11) is 0. The van der Waals surface area contributed by atoms with Crippen LogP contribution in [-0.4, -0.2) is 24.5 Å². The second kappa shape index (κ2) is 8.19. The second-order valence-corrected chi connectivity index (χ2v) is 5.32. The molecule has 0 saturated heterocycles. The summed E-state index contributed by atoms with van der Waals surface area (Å²) in [5.41, 5.74) is 0.677. The molecule has 2 amide bonds. The molecule has 0 bridgehead atoms. The molecule has 0 aromatic heterocycles. The first kappa shape index (κ1) is 16.8. The lowest BCUT2D eigenvalue weighted by Crippen LogP contribution is -2.43. The number of nitrogens with one attached hydrogen (secondary N) is 2. The van der Waals surface area contributed by atoms with E-state index >= 15 is 0 Å². The highest BCUT2D eigenvalue weighted by molar-refractivity contribution is 6.30. The SMILES string of the molecule is CC(NC(=O)COc1ccc(Cl)cc1)C(=O)Nc1ccccc1. The van der Waals surface area contributed by atoms with Crippen molar-refractivity contribution in [2.24, 2.45) is 0 Å². The van der Waals surface area contributed by atoms with Crippen LogP contribution >= 0.6 is 11.6 Å². The van der Waals surface area contributed by atoms with Crippen LogP contribution in [0.2, 0.25) is 5.02 Å². The van der Waals surface area contributed by atoms with Gasteiger partial charge < -0.3 is 15.4 Å². The third kappa shape index (κ3) is 5.64. The minimum atomic E-state index is -0.670. The molecule has 2 rings (SSSR count). The van der Waals surface area contributed by atoms with E-state index < -0.39 is 6.04 Å². The zero-order valence-electron chi connectivity index (χ0n) is 12.6. The molecule has 5 nitrogen and oxygen atoms in total. The van der Waals surface area contributed by atoms with Gasteiger partial charge in [0.2, 0.25) is 5.91 Å². The minimum absolute atomic E-state index is 0.176. The van der Waals surface area contributed by atoms with Crippen LogP contribution in [0, 0.1) is 0 Å². The molecular formula is C17H17ClN2O3. The number of benzene rings is 2. The molecule has 2 N–H and O–H groups in total. The molecule has 1 unspecified atom stereocenters. The molecule has 0 spiro atoms. The first-order chi connectivity index (χ1) is 11.0. The molecule has 120 valence electrons. The van der Waals surface area contributed by atoms with Gasteiger partial charge >= 0.3 is 0 Å². The van der Waals surface area contributed by atoms with Crippen LogP contribution in [-0.2, 0) is 9.59 Å². The van der Waals surface area contributed by atoms with Crippen LogP contribution in [0.3, 0.4) is 0 Å². The van der Waals surface area contributed by atoms with Crippen molar-refractivity contribution in [3.63, 3.8) is 0 Å². The monoisotopic (exact) mass is 332 g/mol. The third-order valence-electron chi connectivity index (χ3n) is 3.00. The van der Waals surface area contributed by atoms with Crippen molar-refractivity contribution in [3.05, 3.63) is 59.6 Å². The third-order valence-corrected chi connectivity index (χ3v) is 3.25. The summed E-state index contributed by atoms with van der Waals surface area (Å²) in [6.45, 7) is 1.43. The van der Waals surface area contributed by atoms with Crippen molar-refractivity contribution in [3.8, 4) is 5.75 Å². The number of anilines is 1. The Hall–Kier alpha value is -2.53. The van der Waals surface area contributed by atoms with Gasteiger partial charge in [0.15, 0.2) is 6.61 Å². The average Bonchev–Trinajstić information content (AvgIpc) is 2.55. The summed E-state index contributed by atoms with van der Waals surface area (Å²) in [5, 5.41) is 5.89. The van der Waals surface area contributed by atoms with Crippen LogP contribution < -0.4 is 15.4 Å². The molecule has 0 saturated carbocycles. The summed E-state index contributed by atoms with van der Waals surface area (Å²) in [5.74, 6) is -0.141. The molecule has 2 aromatic carbocycles. The van der Waals surface area contributed by atoms with Crippen molar-refractivity contribution in [2.45, 2.75) is 13.0 Å². The standard InChI is InChI=1S/C17H17ClN2O3/c1-12(17(22)20-14-5-3-2-4-6-14)19-16(21)11-23-15-9-7-13(18)8-10-15/h2-10,12H,11H2,1H3,(H,19,21)(H,20,22). The van der Waals surface area contributed by atoms with Gasteiger partial charge in [-0.2, -0.15) is 0 Å². The van der Waals surface area contributed by atoms with Crippen LogP contribution in [0.25, 0.3) is 0 Å². The number of amides is 2. The maximum absolute atomic E-state index is 12.0. The van der Waals surface area contributed by atoms with Gasteiger partial charge in [-0.05, 0) is 43.3 Å². The Kier molecular flexibility index (Phi) is 6.00.